The number of hydrogen-bond donors (Lipinski definition) is 1. The largest absolute Gasteiger partial charge is 0.494 e. The van der Waals surface area contributed by atoms with Crippen molar-refractivity contribution < 1.29 is 23.8 Å². The number of carbonyl (C=O) groups excluding carboxylic acids is 1. The van der Waals surface area contributed by atoms with Crippen molar-refractivity contribution in [2.45, 2.75) is 26.8 Å². The summed E-state index contributed by atoms with van der Waals surface area (Å²) in [4.78, 5) is 25.0. The molecule has 1 N–H and O–H groups in total. The van der Waals surface area contributed by atoms with Crippen LogP contribution in [-0.2, 0) is 6.54 Å². The summed E-state index contributed by atoms with van der Waals surface area (Å²) >= 11 is 0. The minimum atomic E-state index is -1.04. The Morgan fingerprint density at radius 1 is 1.29 bits per heavy atom. The number of ether oxygens (including phenoxy) is 1. The summed E-state index contributed by atoms with van der Waals surface area (Å²) in [5, 5.41) is 9.05. The second kappa shape index (κ2) is 7.68. The lowest BCUT2D eigenvalue weighted by Crippen LogP contribution is -2.26. The summed E-state index contributed by atoms with van der Waals surface area (Å²) < 4.78 is 10.9. The Hall–Kier alpha value is -2.76. The lowest BCUT2D eigenvalue weighted by atomic mass is 10.2. The van der Waals surface area contributed by atoms with Gasteiger partial charge in [0.15, 0.2) is 0 Å². The fourth-order valence-electron chi connectivity index (χ4n) is 2.30. The van der Waals surface area contributed by atoms with Crippen molar-refractivity contribution in [2.24, 2.45) is 0 Å². The molecule has 0 aliphatic carbocycles. The molecule has 0 saturated carbocycles. The van der Waals surface area contributed by atoms with Crippen LogP contribution in [-0.4, -0.2) is 35.5 Å². The third-order valence-corrected chi connectivity index (χ3v) is 3.49. The van der Waals surface area contributed by atoms with Crippen molar-refractivity contribution >= 4 is 11.9 Å². The third-order valence-electron chi connectivity index (χ3n) is 3.49. The van der Waals surface area contributed by atoms with Crippen LogP contribution in [0, 0.1) is 6.92 Å². The molecule has 1 heterocycles. The predicted molar refractivity (Wildman–Crippen MR) is 88.4 cm³/mol. The van der Waals surface area contributed by atoms with E-state index in [0.717, 1.165) is 6.42 Å². The quantitative estimate of drug-likeness (QED) is 0.841. The molecule has 128 valence electrons. The second-order valence-electron chi connectivity index (χ2n) is 5.53. The summed E-state index contributed by atoms with van der Waals surface area (Å²) in [6.07, 6.45) is 0.891. The predicted octanol–water partition coefficient (Wildman–Crippen LogP) is 3.35. The molecule has 0 saturated heterocycles. The van der Waals surface area contributed by atoms with E-state index in [0.29, 0.717) is 29.4 Å². The molecule has 0 aliphatic heterocycles. The van der Waals surface area contributed by atoms with Gasteiger partial charge in [0.2, 0.25) is 0 Å². The smallest absolute Gasteiger partial charge is 0.339 e. The SMILES string of the molecule is CCCOc1cccc(C(=O)N(C)Cc2cc(C(=O)O)c(C)o2)c1. The van der Waals surface area contributed by atoms with E-state index in [9.17, 15) is 9.59 Å². The molecule has 0 unspecified atom stereocenters. The van der Waals surface area contributed by atoms with Crippen molar-refractivity contribution in [1.29, 1.82) is 0 Å². The van der Waals surface area contributed by atoms with Crippen LogP contribution in [0.2, 0.25) is 0 Å². The maximum atomic E-state index is 12.5. The molecule has 0 atom stereocenters. The van der Waals surface area contributed by atoms with Gasteiger partial charge in [-0.3, -0.25) is 4.79 Å². The molecule has 0 radical (unpaired) electrons. The molecule has 2 rings (SSSR count). The van der Waals surface area contributed by atoms with E-state index >= 15 is 0 Å². The molecule has 0 spiro atoms. The maximum Gasteiger partial charge on any atom is 0.339 e. The van der Waals surface area contributed by atoms with E-state index < -0.39 is 5.97 Å². The van der Waals surface area contributed by atoms with E-state index in [4.69, 9.17) is 14.3 Å². The number of amides is 1. The van der Waals surface area contributed by atoms with Gasteiger partial charge in [-0.1, -0.05) is 13.0 Å². The highest BCUT2D eigenvalue weighted by molar-refractivity contribution is 5.94. The molecule has 2 aromatic rings. The summed E-state index contributed by atoms with van der Waals surface area (Å²) in [5.74, 6) is 0.172. The van der Waals surface area contributed by atoms with Crippen LogP contribution in [0.25, 0.3) is 0 Å². The molecule has 1 aromatic heterocycles. The summed E-state index contributed by atoms with van der Waals surface area (Å²) in [7, 11) is 1.64. The maximum absolute atomic E-state index is 12.5. The monoisotopic (exact) mass is 331 g/mol. The van der Waals surface area contributed by atoms with Crippen molar-refractivity contribution in [3.63, 3.8) is 0 Å². The molecule has 6 heteroatoms. The second-order valence-corrected chi connectivity index (χ2v) is 5.53. The van der Waals surface area contributed by atoms with Gasteiger partial charge in [0.1, 0.15) is 22.8 Å². The van der Waals surface area contributed by atoms with E-state index in [1.165, 1.54) is 11.0 Å². The fourth-order valence-corrected chi connectivity index (χ4v) is 2.30. The van der Waals surface area contributed by atoms with Gasteiger partial charge in [0, 0.05) is 12.6 Å². The van der Waals surface area contributed by atoms with Gasteiger partial charge in [-0.25, -0.2) is 4.79 Å². The first kappa shape index (κ1) is 17.6. The normalized spacial score (nSPS) is 10.5. The van der Waals surface area contributed by atoms with Gasteiger partial charge < -0.3 is 19.2 Å². The first-order chi connectivity index (χ1) is 11.4. The number of carboxylic acids is 1. The molecular formula is C18H21NO5. The fraction of sp³-hybridized carbons (Fsp3) is 0.333. The van der Waals surface area contributed by atoms with Crippen LogP contribution < -0.4 is 4.74 Å². The lowest BCUT2D eigenvalue weighted by molar-refractivity contribution is 0.0694. The highest BCUT2D eigenvalue weighted by atomic mass is 16.5. The number of hydrogen-bond acceptors (Lipinski definition) is 4. The van der Waals surface area contributed by atoms with Crippen LogP contribution in [0.3, 0.4) is 0 Å². The van der Waals surface area contributed by atoms with Crippen LogP contribution in [0.15, 0.2) is 34.7 Å². The van der Waals surface area contributed by atoms with Gasteiger partial charge in [-0.2, -0.15) is 0 Å². The van der Waals surface area contributed by atoms with Gasteiger partial charge >= 0.3 is 5.97 Å². The van der Waals surface area contributed by atoms with E-state index in [1.54, 1.807) is 32.2 Å². The molecule has 6 nitrogen and oxygen atoms in total. The Balaban J connectivity index is 2.09. The Morgan fingerprint density at radius 2 is 2.04 bits per heavy atom. The Morgan fingerprint density at radius 3 is 2.67 bits per heavy atom. The molecule has 1 aromatic carbocycles. The number of nitrogens with zero attached hydrogens (tertiary/aromatic N) is 1. The summed E-state index contributed by atoms with van der Waals surface area (Å²) in [6, 6.07) is 8.44. The topological polar surface area (TPSA) is 80.0 Å². The van der Waals surface area contributed by atoms with Crippen LogP contribution >= 0.6 is 0 Å². The van der Waals surface area contributed by atoms with Gasteiger partial charge in [-0.05, 0) is 37.6 Å². The standard InChI is InChI=1S/C18H21NO5/c1-4-8-23-14-7-5-6-13(9-14)17(20)19(3)11-15-10-16(18(21)22)12(2)24-15/h5-7,9-10H,4,8,11H2,1-3H3,(H,21,22). The highest BCUT2D eigenvalue weighted by Gasteiger charge is 2.18. The van der Waals surface area contributed by atoms with Gasteiger partial charge in [0.25, 0.3) is 5.91 Å². The van der Waals surface area contributed by atoms with Gasteiger partial charge in [0.05, 0.1) is 13.2 Å². The Bertz CT molecular complexity index is 735. The zero-order chi connectivity index (χ0) is 17.7. The number of rotatable bonds is 7. The third kappa shape index (κ3) is 4.16. The van der Waals surface area contributed by atoms with Crippen molar-refractivity contribution in [3.8, 4) is 5.75 Å². The highest BCUT2D eigenvalue weighted by Crippen LogP contribution is 2.19. The Labute approximate surface area is 140 Å². The summed E-state index contributed by atoms with van der Waals surface area (Å²) in [5.41, 5.74) is 0.619. The van der Waals surface area contributed by atoms with E-state index in [2.05, 4.69) is 0 Å². The summed E-state index contributed by atoms with van der Waals surface area (Å²) in [6.45, 7) is 4.38. The average Bonchev–Trinajstić information content (AvgIpc) is 2.93. The molecule has 1 amide bonds. The molecule has 0 bridgehead atoms. The first-order valence-corrected chi connectivity index (χ1v) is 7.73. The van der Waals surface area contributed by atoms with Crippen molar-refractivity contribution in [2.75, 3.05) is 13.7 Å². The van der Waals surface area contributed by atoms with Crippen molar-refractivity contribution in [3.05, 3.63) is 53.0 Å². The van der Waals surface area contributed by atoms with Crippen LogP contribution in [0.4, 0.5) is 0 Å². The average molecular weight is 331 g/mol. The van der Waals surface area contributed by atoms with Gasteiger partial charge in [-0.15, -0.1) is 0 Å². The zero-order valence-electron chi connectivity index (χ0n) is 14.0. The van der Waals surface area contributed by atoms with E-state index in [-0.39, 0.29) is 18.0 Å². The van der Waals surface area contributed by atoms with Crippen LogP contribution in [0.1, 0.15) is 45.6 Å². The van der Waals surface area contributed by atoms with E-state index in [1.807, 2.05) is 13.0 Å². The number of aromatic carboxylic acids is 1. The molecule has 0 fully saturated rings. The Kier molecular flexibility index (Phi) is 5.63. The lowest BCUT2D eigenvalue weighted by Gasteiger charge is -2.16. The molecular weight excluding hydrogens is 310 g/mol. The number of carboxylic acid groups (broad SMARTS) is 1. The minimum absolute atomic E-state index is 0.112. The number of carbonyl (C=O) groups is 2. The van der Waals surface area contributed by atoms with Crippen LogP contribution in [0.5, 0.6) is 5.75 Å². The molecule has 0 aliphatic rings. The van der Waals surface area contributed by atoms with Crippen molar-refractivity contribution in [1.82, 2.24) is 4.90 Å². The minimum Gasteiger partial charge on any atom is -0.494 e. The number of furan rings is 1. The number of benzene rings is 1. The number of aryl methyl sites for hydroxylation is 1. The first-order valence-electron chi connectivity index (χ1n) is 7.73. The zero-order valence-corrected chi connectivity index (χ0v) is 14.0. The molecule has 24 heavy (non-hydrogen) atoms.